The highest BCUT2D eigenvalue weighted by Crippen LogP contribution is 2.38. The van der Waals surface area contributed by atoms with Crippen LogP contribution in [0.1, 0.15) is 24.5 Å². The number of rotatable bonds is 1. The van der Waals surface area contributed by atoms with Crippen LogP contribution in [0.15, 0.2) is 24.3 Å². The molecule has 1 aliphatic heterocycles. The Balaban J connectivity index is 2.42. The van der Waals surface area contributed by atoms with Gasteiger partial charge in [0.1, 0.15) is 5.60 Å². The molecule has 1 aromatic carbocycles. The molecule has 2 rings (SSSR count). The van der Waals surface area contributed by atoms with Gasteiger partial charge in [0.15, 0.2) is 0 Å². The van der Waals surface area contributed by atoms with Crippen molar-refractivity contribution in [2.75, 3.05) is 13.6 Å². The summed E-state index contributed by atoms with van der Waals surface area (Å²) in [6, 6.07) is 8.33. The zero-order valence-electron chi connectivity index (χ0n) is 9.70. The summed E-state index contributed by atoms with van der Waals surface area (Å²) in [5.41, 5.74) is 1.60. The zero-order chi connectivity index (χ0) is 11.1. The van der Waals surface area contributed by atoms with Gasteiger partial charge in [0, 0.05) is 12.6 Å². The molecule has 2 nitrogen and oxygen atoms in total. The predicted molar refractivity (Wildman–Crippen MR) is 61.8 cm³/mol. The SMILES string of the molecule is Cc1ccccc1[C@@]1(O)CCN(C)[C@@H]1C. The summed E-state index contributed by atoms with van der Waals surface area (Å²) in [6.07, 6.45) is 0.829. The van der Waals surface area contributed by atoms with Crippen molar-refractivity contribution in [3.63, 3.8) is 0 Å². The monoisotopic (exact) mass is 205 g/mol. The Kier molecular flexibility index (Phi) is 2.57. The number of hydrogen-bond donors (Lipinski definition) is 1. The van der Waals surface area contributed by atoms with Crippen LogP contribution in [-0.2, 0) is 5.60 Å². The smallest absolute Gasteiger partial charge is 0.106 e. The van der Waals surface area contributed by atoms with Gasteiger partial charge >= 0.3 is 0 Å². The molecular weight excluding hydrogens is 186 g/mol. The largest absolute Gasteiger partial charge is 0.383 e. The van der Waals surface area contributed by atoms with Crippen molar-refractivity contribution < 1.29 is 5.11 Å². The van der Waals surface area contributed by atoms with E-state index in [0.717, 1.165) is 18.5 Å². The molecule has 1 heterocycles. The third kappa shape index (κ3) is 1.58. The maximum atomic E-state index is 10.7. The predicted octanol–water partition coefficient (Wildman–Crippen LogP) is 1.91. The van der Waals surface area contributed by atoms with Gasteiger partial charge in [-0.25, -0.2) is 0 Å². The van der Waals surface area contributed by atoms with Crippen LogP contribution < -0.4 is 0 Å². The number of nitrogens with zero attached hydrogens (tertiary/aromatic N) is 1. The lowest BCUT2D eigenvalue weighted by molar-refractivity contribution is 0.0103. The van der Waals surface area contributed by atoms with E-state index in [-0.39, 0.29) is 6.04 Å². The van der Waals surface area contributed by atoms with E-state index < -0.39 is 5.60 Å². The first-order valence-electron chi connectivity index (χ1n) is 5.54. The number of hydrogen-bond acceptors (Lipinski definition) is 2. The highest BCUT2D eigenvalue weighted by Gasteiger charge is 2.43. The summed E-state index contributed by atoms with van der Waals surface area (Å²) < 4.78 is 0. The van der Waals surface area contributed by atoms with Crippen molar-refractivity contribution in [1.82, 2.24) is 4.90 Å². The van der Waals surface area contributed by atoms with Gasteiger partial charge in [0.25, 0.3) is 0 Å². The first-order valence-corrected chi connectivity index (χ1v) is 5.54. The van der Waals surface area contributed by atoms with Crippen molar-refractivity contribution in [1.29, 1.82) is 0 Å². The molecule has 0 saturated carbocycles. The summed E-state index contributed by atoms with van der Waals surface area (Å²) in [7, 11) is 2.07. The minimum Gasteiger partial charge on any atom is -0.383 e. The molecule has 15 heavy (non-hydrogen) atoms. The lowest BCUT2D eigenvalue weighted by atomic mass is 9.85. The van der Waals surface area contributed by atoms with Crippen LogP contribution in [0.5, 0.6) is 0 Å². The topological polar surface area (TPSA) is 23.5 Å². The Bertz CT molecular complexity index is 363. The van der Waals surface area contributed by atoms with Crippen LogP contribution in [-0.4, -0.2) is 29.6 Å². The Morgan fingerprint density at radius 3 is 2.60 bits per heavy atom. The average Bonchev–Trinajstić information content (AvgIpc) is 2.48. The summed E-state index contributed by atoms with van der Waals surface area (Å²) in [5.74, 6) is 0. The van der Waals surface area contributed by atoms with E-state index in [1.807, 2.05) is 18.2 Å². The molecule has 1 N–H and O–H groups in total. The molecule has 82 valence electrons. The van der Waals surface area contributed by atoms with E-state index in [4.69, 9.17) is 0 Å². The van der Waals surface area contributed by atoms with E-state index in [1.165, 1.54) is 5.56 Å². The van der Waals surface area contributed by atoms with Gasteiger partial charge < -0.3 is 10.0 Å². The van der Waals surface area contributed by atoms with Gasteiger partial charge in [-0.15, -0.1) is 0 Å². The van der Waals surface area contributed by atoms with E-state index in [0.29, 0.717) is 0 Å². The summed E-state index contributed by atoms with van der Waals surface area (Å²) in [5, 5.41) is 10.7. The molecule has 1 saturated heterocycles. The molecule has 0 aromatic heterocycles. The second-order valence-corrected chi connectivity index (χ2v) is 4.65. The van der Waals surface area contributed by atoms with Crippen LogP contribution in [0, 0.1) is 6.92 Å². The molecule has 0 spiro atoms. The first-order chi connectivity index (χ1) is 7.05. The Morgan fingerprint density at radius 2 is 2.07 bits per heavy atom. The van der Waals surface area contributed by atoms with Crippen molar-refractivity contribution in [2.24, 2.45) is 0 Å². The fourth-order valence-electron chi connectivity index (χ4n) is 2.53. The van der Waals surface area contributed by atoms with Gasteiger partial charge in [-0.1, -0.05) is 24.3 Å². The third-order valence-electron chi connectivity index (χ3n) is 3.81. The maximum absolute atomic E-state index is 10.7. The molecule has 2 heteroatoms. The molecule has 1 aliphatic rings. The van der Waals surface area contributed by atoms with Gasteiger partial charge in [0.2, 0.25) is 0 Å². The number of likely N-dealkylation sites (tertiary alicyclic amines) is 1. The molecule has 1 fully saturated rings. The molecule has 0 amide bonds. The van der Waals surface area contributed by atoms with Gasteiger partial charge in [-0.05, 0) is 38.4 Å². The van der Waals surface area contributed by atoms with Crippen LogP contribution in [0.3, 0.4) is 0 Å². The van der Waals surface area contributed by atoms with Crippen molar-refractivity contribution in [2.45, 2.75) is 31.9 Å². The van der Waals surface area contributed by atoms with Crippen LogP contribution in [0.2, 0.25) is 0 Å². The minimum atomic E-state index is -0.667. The van der Waals surface area contributed by atoms with E-state index in [2.05, 4.69) is 31.9 Å². The Hall–Kier alpha value is -0.860. The molecular formula is C13H19NO. The highest BCUT2D eigenvalue weighted by atomic mass is 16.3. The van der Waals surface area contributed by atoms with E-state index >= 15 is 0 Å². The van der Waals surface area contributed by atoms with Gasteiger partial charge in [0.05, 0.1) is 0 Å². The van der Waals surface area contributed by atoms with E-state index in [9.17, 15) is 5.11 Å². The number of aryl methyl sites for hydroxylation is 1. The maximum Gasteiger partial charge on any atom is 0.106 e. The highest BCUT2D eigenvalue weighted by molar-refractivity contribution is 5.33. The average molecular weight is 205 g/mol. The molecule has 0 bridgehead atoms. The van der Waals surface area contributed by atoms with Crippen molar-refractivity contribution in [3.8, 4) is 0 Å². The van der Waals surface area contributed by atoms with Gasteiger partial charge in [-0.2, -0.15) is 0 Å². The second-order valence-electron chi connectivity index (χ2n) is 4.65. The van der Waals surface area contributed by atoms with Crippen LogP contribution >= 0.6 is 0 Å². The fraction of sp³-hybridized carbons (Fsp3) is 0.538. The molecule has 0 unspecified atom stereocenters. The minimum absolute atomic E-state index is 0.193. The molecule has 0 aliphatic carbocycles. The van der Waals surface area contributed by atoms with Crippen LogP contribution in [0.25, 0.3) is 0 Å². The number of aliphatic hydroxyl groups is 1. The van der Waals surface area contributed by atoms with Gasteiger partial charge in [-0.3, -0.25) is 0 Å². The third-order valence-corrected chi connectivity index (χ3v) is 3.81. The number of benzene rings is 1. The molecule has 1 aromatic rings. The van der Waals surface area contributed by atoms with E-state index in [1.54, 1.807) is 0 Å². The van der Waals surface area contributed by atoms with Crippen molar-refractivity contribution in [3.05, 3.63) is 35.4 Å². The normalized spacial score (nSPS) is 32.1. The molecule has 2 atom stereocenters. The Labute approximate surface area is 91.5 Å². The van der Waals surface area contributed by atoms with Crippen LogP contribution in [0.4, 0.5) is 0 Å². The quantitative estimate of drug-likeness (QED) is 0.757. The lowest BCUT2D eigenvalue weighted by Crippen LogP contribution is -2.39. The standard InChI is InChI=1S/C13H19NO/c1-10-6-4-5-7-12(10)13(15)8-9-14(3)11(13)2/h4-7,11,15H,8-9H2,1-3H3/t11-,13-/m1/s1. The Morgan fingerprint density at radius 1 is 1.40 bits per heavy atom. The second kappa shape index (κ2) is 3.62. The summed E-state index contributed by atoms with van der Waals surface area (Å²) in [4.78, 5) is 2.21. The summed E-state index contributed by atoms with van der Waals surface area (Å²) >= 11 is 0. The number of likely N-dealkylation sites (N-methyl/N-ethyl adjacent to an activating group) is 1. The lowest BCUT2D eigenvalue weighted by Gasteiger charge is -2.31. The zero-order valence-corrected chi connectivity index (χ0v) is 9.70. The van der Waals surface area contributed by atoms with Crippen molar-refractivity contribution >= 4 is 0 Å². The fourth-order valence-corrected chi connectivity index (χ4v) is 2.53. The molecule has 0 radical (unpaired) electrons. The summed E-state index contributed by atoms with van der Waals surface area (Å²) in [6.45, 7) is 5.13. The first kappa shape index (κ1) is 10.7.